The Hall–Kier alpha value is -2.20. The number of rotatable bonds is 3. The fourth-order valence-corrected chi connectivity index (χ4v) is 4.82. The van der Waals surface area contributed by atoms with E-state index in [0.29, 0.717) is 62.5 Å². The number of hydrogen-bond donors (Lipinski definition) is 1. The van der Waals surface area contributed by atoms with Crippen molar-refractivity contribution in [2.45, 2.75) is 50.2 Å². The van der Waals surface area contributed by atoms with E-state index in [1.807, 2.05) is 0 Å². The summed E-state index contributed by atoms with van der Waals surface area (Å²) >= 11 is 0. The lowest BCUT2D eigenvalue weighted by Crippen LogP contribution is -2.58. The summed E-state index contributed by atoms with van der Waals surface area (Å²) in [5, 5.41) is 13.8. The molecule has 0 bridgehead atoms. The highest BCUT2D eigenvalue weighted by atomic mass is 19.1. The number of oxime groups is 1. The van der Waals surface area contributed by atoms with E-state index in [0.717, 1.165) is 0 Å². The molecule has 0 radical (unpaired) electrons. The van der Waals surface area contributed by atoms with E-state index in [1.165, 1.54) is 19.2 Å². The number of amides is 1. The lowest BCUT2D eigenvalue weighted by Gasteiger charge is -2.46. The smallest absolute Gasteiger partial charge is 0.376 e. The Balaban J connectivity index is 1.44. The molecule has 0 unspecified atom stereocenters. The third-order valence-corrected chi connectivity index (χ3v) is 6.73. The van der Waals surface area contributed by atoms with Crippen LogP contribution < -0.4 is 4.74 Å². The number of benzene rings is 1. The Labute approximate surface area is 181 Å². The van der Waals surface area contributed by atoms with E-state index in [9.17, 15) is 14.2 Å². The maximum absolute atomic E-state index is 15.4. The Morgan fingerprint density at radius 1 is 1.23 bits per heavy atom. The Kier molecular flexibility index (Phi) is 5.96. The standard InChI is InChI=1S/C21H28BF2N3O4/c1-22(29)27-11-7-21(24,8-12-27)19(28)26-9-5-20(6-10-26)14-17(25-30-2)16-13-15(23)3-4-18(16)31-20/h3-4,13,29H,5-12,14H2,1-2H3/b25-17+. The molecule has 1 amide bonds. The number of carbonyl (C=O) groups is 1. The summed E-state index contributed by atoms with van der Waals surface area (Å²) in [7, 11) is 0.802. The molecule has 3 aliphatic heterocycles. The number of nitrogens with zero attached hydrogens (tertiary/aromatic N) is 3. The summed E-state index contributed by atoms with van der Waals surface area (Å²) < 4.78 is 35.4. The fourth-order valence-electron chi connectivity index (χ4n) is 4.82. The molecule has 2 saturated heterocycles. The molecule has 0 aliphatic carbocycles. The molecule has 0 atom stereocenters. The van der Waals surface area contributed by atoms with Crippen molar-refractivity contribution in [1.82, 2.24) is 9.71 Å². The summed E-state index contributed by atoms with van der Waals surface area (Å²) in [6.07, 6.45) is 1.64. The molecule has 3 aliphatic rings. The quantitative estimate of drug-likeness (QED) is 0.583. The predicted octanol–water partition coefficient (Wildman–Crippen LogP) is 2.23. The summed E-state index contributed by atoms with van der Waals surface area (Å²) in [5.41, 5.74) is -1.30. The van der Waals surface area contributed by atoms with Crippen molar-refractivity contribution in [3.05, 3.63) is 29.6 Å². The normalized spacial score (nSPS) is 23.9. The Morgan fingerprint density at radius 3 is 2.52 bits per heavy atom. The minimum atomic E-state index is -1.89. The largest absolute Gasteiger partial charge is 0.486 e. The number of halogens is 2. The molecule has 168 valence electrons. The van der Waals surface area contributed by atoms with Crippen LogP contribution in [0.15, 0.2) is 23.4 Å². The van der Waals surface area contributed by atoms with Gasteiger partial charge >= 0.3 is 7.05 Å². The van der Waals surface area contributed by atoms with Gasteiger partial charge in [0.1, 0.15) is 24.3 Å². The average molecular weight is 435 g/mol. The fraction of sp³-hybridized carbons (Fsp3) is 0.619. The molecule has 1 aromatic carbocycles. The van der Waals surface area contributed by atoms with Crippen LogP contribution in [-0.4, -0.2) is 78.0 Å². The third-order valence-electron chi connectivity index (χ3n) is 6.73. The van der Waals surface area contributed by atoms with Gasteiger partial charge in [0.05, 0.1) is 5.71 Å². The number of fused-ring (bicyclic) bond motifs is 1. The first-order valence-electron chi connectivity index (χ1n) is 10.7. The van der Waals surface area contributed by atoms with Gasteiger partial charge in [0.15, 0.2) is 5.67 Å². The van der Waals surface area contributed by atoms with Gasteiger partial charge in [-0.05, 0) is 38.1 Å². The average Bonchev–Trinajstić information content (AvgIpc) is 2.75. The second-order valence-electron chi connectivity index (χ2n) is 8.75. The highest BCUT2D eigenvalue weighted by Gasteiger charge is 2.48. The van der Waals surface area contributed by atoms with Gasteiger partial charge in [0, 0.05) is 50.8 Å². The first kappa shape index (κ1) is 22.0. The zero-order chi connectivity index (χ0) is 22.2. The van der Waals surface area contributed by atoms with Crippen molar-refractivity contribution in [3.63, 3.8) is 0 Å². The van der Waals surface area contributed by atoms with Crippen LogP contribution in [0.3, 0.4) is 0 Å². The van der Waals surface area contributed by atoms with E-state index in [2.05, 4.69) is 5.16 Å². The molecular formula is C21H28BF2N3O4. The summed E-state index contributed by atoms with van der Waals surface area (Å²) in [6, 6.07) is 4.30. The van der Waals surface area contributed by atoms with Crippen LogP contribution in [0.2, 0.25) is 6.82 Å². The molecule has 7 nitrogen and oxygen atoms in total. The van der Waals surface area contributed by atoms with Crippen LogP contribution in [0.1, 0.15) is 37.7 Å². The zero-order valence-electron chi connectivity index (χ0n) is 17.9. The van der Waals surface area contributed by atoms with E-state index in [1.54, 1.807) is 22.6 Å². The molecule has 0 saturated carbocycles. The number of carbonyl (C=O) groups excluding carboxylic acids is 1. The van der Waals surface area contributed by atoms with Crippen molar-refractivity contribution in [2.24, 2.45) is 5.16 Å². The van der Waals surface area contributed by atoms with Crippen molar-refractivity contribution in [1.29, 1.82) is 0 Å². The highest BCUT2D eigenvalue weighted by Crippen LogP contribution is 2.41. The third kappa shape index (κ3) is 4.28. The molecule has 2 fully saturated rings. The number of ether oxygens (including phenoxy) is 1. The van der Waals surface area contributed by atoms with Gasteiger partial charge < -0.3 is 24.3 Å². The van der Waals surface area contributed by atoms with Gasteiger partial charge in [0.2, 0.25) is 0 Å². The SMILES string of the molecule is CO/N=C1\CC2(CCN(C(=O)C3(F)CCN(B(C)O)CC3)CC2)Oc2ccc(F)cc21. The number of likely N-dealkylation sites (tertiary alicyclic amines) is 1. The van der Waals surface area contributed by atoms with E-state index < -0.39 is 24.2 Å². The predicted molar refractivity (Wildman–Crippen MR) is 112 cm³/mol. The van der Waals surface area contributed by atoms with Crippen LogP contribution in [0.4, 0.5) is 8.78 Å². The summed E-state index contributed by atoms with van der Waals surface area (Å²) in [5.74, 6) is -0.315. The van der Waals surface area contributed by atoms with Gasteiger partial charge in [-0.25, -0.2) is 8.78 Å². The molecular weight excluding hydrogens is 407 g/mol. The van der Waals surface area contributed by atoms with Gasteiger partial charge in [-0.3, -0.25) is 4.79 Å². The van der Waals surface area contributed by atoms with Crippen molar-refractivity contribution in [3.8, 4) is 5.75 Å². The van der Waals surface area contributed by atoms with Crippen LogP contribution in [0.25, 0.3) is 0 Å². The molecule has 1 N–H and O–H groups in total. The topological polar surface area (TPSA) is 74.6 Å². The van der Waals surface area contributed by atoms with Crippen molar-refractivity contribution < 1.29 is 28.2 Å². The minimum absolute atomic E-state index is 0.0818. The minimum Gasteiger partial charge on any atom is -0.486 e. The highest BCUT2D eigenvalue weighted by molar-refractivity contribution is 6.45. The summed E-state index contributed by atoms with van der Waals surface area (Å²) in [6.45, 7) is 3.10. The van der Waals surface area contributed by atoms with E-state index >= 15 is 4.39 Å². The molecule has 3 heterocycles. The lowest BCUT2D eigenvalue weighted by atomic mass is 9.79. The zero-order valence-corrected chi connectivity index (χ0v) is 17.9. The first-order chi connectivity index (χ1) is 14.8. The van der Waals surface area contributed by atoms with Gasteiger partial charge in [-0.1, -0.05) is 5.16 Å². The Morgan fingerprint density at radius 2 is 1.90 bits per heavy atom. The van der Waals surface area contributed by atoms with E-state index in [4.69, 9.17) is 9.57 Å². The van der Waals surface area contributed by atoms with Gasteiger partial charge in [-0.2, -0.15) is 0 Å². The first-order valence-corrected chi connectivity index (χ1v) is 10.7. The van der Waals surface area contributed by atoms with Crippen molar-refractivity contribution in [2.75, 3.05) is 33.3 Å². The maximum Gasteiger partial charge on any atom is 0.376 e. The molecule has 4 rings (SSSR count). The second-order valence-corrected chi connectivity index (χ2v) is 8.75. The monoisotopic (exact) mass is 435 g/mol. The van der Waals surface area contributed by atoms with Crippen LogP contribution >= 0.6 is 0 Å². The molecule has 10 heteroatoms. The summed E-state index contributed by atoms with van der Waals surface area (Å²) in [4.78, 5) is 21.3. The Bertz CT molecular complexity index is 866. The molecule has 31 heavy (non-hydrogen) atoms. The number of alkyl halides is 1. The molecule has 0 aromatic heterocycles. The van der Waals surface area contributed by atoms with Crippen molar-refractivity contribution >= 4 is 18.7 Å². The second kappa shape index (κ2) is 8.39. The number of hydrogen-bond acceptors (Lipinski definition) is 6. The van der Waals surface area contributed by atoms with Gasteiger partial charge in [-0.15, -0.1) is 0 Å². The van der Waals surface area contributed by atoms with Crippen LogP contribution in [0, 0.1) is 5.82 Å². The molecule has 1 aromatic rings. The number of piperidine rings is 2. The van der Waals surface area contributed by atoms with Crippen LogP contribution in [-0.2, 0) is 9.63 Å². The van der Waals surface area contributed by atoms with Gasteiger partial charge in [0.25, 0.3) is 5.91 Å². The maximum atomic E-state index is 15.4. The molecule has 1 spiro atoms. The van der Waals surface area contributed by atoms with E-state index in [-0.39, 0.29) is 18.7 Å². The lowest BCUT2D eigenvalue weighted by molar-refractivity contribution is -0.150. The van der Waals surface area contributed by atoms with Crippen LogP contribution in [0.5, 0.6) is 5.75 Å².